The maximum Gasteiger partial charge on any atom is 0.139 e. The van der Waals surface area contributed by atoms with Crippen molar-refractivity contribution in [2.45, 2.75) is 58.8 Å². The Balaban J connectivity index is 2.06. The molecule has 0 aromatic rings. The van der Waals surface area contributed by atoms with Crippen LogP contribution in [0.15, 0.2) is 11.6 Å². The van der Waals surface area contributed by atoms with Gasteiger partial charge < -0.3 is 0 Å². The summed E-state index contributed by atoms with van der Waals surface area (Å²) in [6.07, 6.45) is 10.7. The molecule has 0 aromatic heterocycles. The van der Waals surface area contributed by atoms with Gasteiger partial charge in [0.05, 0.1) is 0 Å². The summed E-state index contributed by atoms with van der Waals surface area (Å²) in [5.41, 5.74) is 1.47. The molecule has 0 bridgehead atoms. The molecule has 0 aliphatic heterocycles. The van der Waals surface area contributed by atoms with Crippen LogP contribution in [-0.4, -0.2) is 5.78 Å². The van der Waals surface area contributed by atoms with Gasteiger partial charge in [-0.25, -0.2) is 0 Å². The van der Waals surface area contributed by atoms with Crippen LogP contribution in [0.5, 0.6) is 0 Å². The summed E-state index contributed by atoms with van der Waals surface area (Å²) >= 11 is 0. The van der Waals surface area contributed by atoms with Crippen LogP contribution in [0, 0.1) is 17.8 Å². The number of hydrogen-bond acceptors (Lipinski definition) is 1. The normalized spacial score (nSPS) is 31.5. The molecule has 2 aliphatic carbocycles. The van der Waals surface area contributed by atoms with Crippen molar-refractivity contribution in [3.8, 4) is 0 Å². The van der Waals surface area contributed by atoms with Crippen LogP contribution in [0.3, 0.4) is 0 Å². The molecule has 2 aliphatic rings. The summed E-state index contributed by atoms with van der Waals surface area (Å²) in [7, 11) is 0. The molecular formula is C15H24O. The molecule has 2 atom stereocenters. The number of rotatable bonds is 4. The summed E-state index contributed by atoms with van der Waals surface area (Å²) in [5, 5.41) is 0. The number of ketones is 1. The van der Waals surface area contributed by atoms with Gasteiger partial charge in [0.2, 0.25) is 0 Å². The second-order valence-electron chi connectivity index (χ2n) is 5.53. The van der Waals surface area contributed by atoms with Gasteiger partial charge in [0.15, 0.2) is 0 Å². The molecule has 2 unspecified atom stereocenters. The molecule has 0 amide bonds. The lowest BCUT2D eigenvalue weighted by Crippen LogP contribution is -2.29. The van der Waals surface area contributed by atoms with Crippen molar-refractivity contribution in [2.24, 2.45) is 17.8 Å². The van der Waals surface area contributed by atoms with Crippen LogP contribution >= 0.6 is 0 Å². The highest BCUT2D eigenvalue weighted by Crippen LogP contribution is 2.42. The van der Waals surface area contributed by atoms with E-state index in [0.29, 0.717) is 23.5 Å². The second-order valence-corrected chi connectivity index (χ2v) is 5.53. The predicted octanol–water partition coefficient (Wildman–Crippen LogP) is 4.13. The van der Waals surface area contributed by atoms with E-state index in [9.17, 15) is 4.79 Å². The first-order valence-corrected chi connectivity index (χ1v) is 6.94. The van der Waals surface area contributed by atoms with Gasteiger partial charge in [0, 0.05) is 11.8 Å². The molecule has 1 heteroatoms. The third-order valence-corrected chi connectivity index (χ3v) is 4.22. The minimum atomic E-state index is 0.365. The fourth-order valence-electron chi connectivity index (χ4n) is 3.16. The molecule has 90 valence electrons. The Bertz CT molecular complexity index is 286. The first kappa shape index (κ1) is 11.9. The van der Waals surface area contributed by atoms with Crippen LogP contribution in [0.2, 0.25) is 0 Å². The minimum Gasteiger partial charge on any atom is -0.299 e. The van der Waals surface area contributed by atoms with Crippen LogP contribution < -0.4 is 0 Å². The Morgan fingerprint density at radius 1 is 1.12 bits per heavy atom. The van der Waals surface area contributed by atoms with Crippen molar-refractivity contribution < 1.29 is 4.79 Å². The van der Waals surface area contributed by atoms with Gasteiger partial charge in [0.25, 0.3) is 0 Å². The fraction of sp³-hybridized carbons (Fsp3) is 0.800. The lowest BCUT2D eigenvalue weighted by atomic mass is 9.72. The molecule has 0 radical (unpaired) electrons. The standard InChI is InChI=1S/C15H24O/c1-3-6-11(2)13-7-4-5-8-14(13)15(16)12-9-10-12/h6,12-14H,3-5,7-10H2,1-2H3/b11-6-. The van der Waals surface area contributed by atoms with Gasteiger partial charge in [0.1, 0.15) is 5.78 Å². The van der Waals surface area contributed by atoms with Gasteiger partial charge >= 0.3 is 0 Å². The van der Waals surface area contributed by atoms with Crippen molar-refractivity contribution in [3.05, 3.63) is 11.6 Å². The van der Waals surface area contributed by atoms with Crippen LogP contribution in [0.1, 0.15) is 58.8 Å². The molecule has 2 rings (SSSR count). The lowest BCUT2D eigenvalue weighted by Gasteiger charge is -2.31. The molecule has 0 spiro atoms. The third-order valence-electron chi connectivity index (χ3n) is 4.22. The average Bonchev–Trinajstić information content (AvgIpc) is 3.12. The van der Waals surface area contributed by atoms with E-state index in [1.165, 1.54) is 37.7 Å². The van der Waals surface area contributed by atoms with Crippen LogP contribution in [0.25, 0.3) is 0 Å². The van der Waals surface area contributed by atoms with Crippen molar-refractivity contribution >= 4 is 5.78 Å². The Morgan fingerprint density at radius 3 is 2.31 bits per heavy atom. The molecule has 2 fully saturated rings. The van der Waals surface area contributed by atoms with E-state index in [1.807, 2.05) is 0 Å². The molecule has 0 aromatic carbocycles. The summed E-state index contributed by atoms with van der Waals surface area (Å²) in [6, 6.07) is 0. The van der Waals surface area contributed by atoms with E-state index in [0.717, 1.165) is 12.8 Å². The highest BCUT2D eigenvalue weighted by Gasteiger charge is 2.39. The van der Waals surface area contributed by atoms with Gasteiger partial charge in [-0.15, -0.1) is 0 Å². The molecule has 1 nitrogen and oxygen atoms in total. The zero-order chi connectivity index (χ0) is 11.5. The molecule has 2 saturated carbocycles. The number of allylic oxidation sites excluding steroid dienone is 2. The Hall–Kier alpha value is -0.590. The monoisotopic (exact) mass is 220 g/mol. The summed E-state index contributed by atoms with van der Waals surface area (Å²) in [5.74, 6) is 1.97. The van der Waals surface area contributed by atoms with Crippen molar-refractivity contribution in [3.63, 3.8) is 0 Å². The Labute approximate surface area is 99.3 Å². The third kappa shape index (κ3) is 2.56. The first-order valence-electron chi connectivity index (χ1n) is 6.94. The van der Waals surface area contributed by atoms with Gasteiger partial charge in [-0.1, -0.05) is 31.4 Å². The Morgan fingerprint density at radius 2 is 1.75 bits per heavy atom. The first-order chi connectivity index (χ1) is 7.74. The summed E-state index contributed by atoms with van der Waals surface area (Å²) < 4.78 is 0. The van der Waals surface area contributed by atoms with Crippen LogP contribution in [0.4, 0.5) is 0 Å². The van der Waals surface area contributed by atoms with Gasteiger partial charge in [-0.05, 0) is 44.9 Å². The molecule has 0 N–H and O–H groups in total. The second kappa shape index (κ2) is 5.16. The largest absolute Gasteiger partial charge is 0.299 e. The highest BCUT2D eigenvalue weighted by atomic mass is 16.1. The number of hydrogen-bond donors (Lipinski definition) is 0. The van der Waals surface area contributed by atoms with Crippen molar-refractivity contribution in [1.29, 1.82) is 0 Å². The number of carbonyl (C=O) groups excluding carboxylic acids is 1. The highest BCUT2D eigenvalue weighted by molar-refractivity contribution is 5.86. The van der Waals surface area contributed by atoms with E-state index in [2.05, 4.69) is 19.9 Å². The minimum absolute atomic E-state index is 0.365. The van der Waals surface area contributed by atoms with E-state index in [-0.39, 0.29) is 0 Å². The fourth-order valence-corrected chi connectivity index (χ4v) is 3.16. The maximum atomic E-state index is 12.3. The zero-order valence-corrected chi connectivity index (χ0v) is 10.7. The van der Waals surface area contributed by atoms with E-state index in [1.54, 1.807) is 0 Å². The van der Waals surface area contributed by atoms with Gasteiger partial charge in [-0.3, -0.25) is 4.79 Å². The molecule has 0 saturated heterocycles. The molecule has 16 heavy (non-hydrogen) atoms. The topological polar surface area (TPSA) is 17.1 Å². The van der Waals surface area contributed by atoms with E-state index >= 15 is 0 Å². The number of Topliss-reactive ketones (excluding diaryl/α,β-unsaturated/α-hetero) is 1. The van der Waals surface area contributed by atoms with Crippen molar-refractivity contribution in [1.82, 2.24) is 0 Å². The predicted molar refractivity (Wildman–Crippen MR) is 67.2 cm³/mol. The number of carbonyl (C=O) groups is 1. The van der Waals surface area contributed by atoms with Gasteiger partial charge in [-0.2, -0.15) is 0 Å². The van der Waals surface area contributed by atoms with Crippen LogP contribution in [-0.2, 0) is 4.79 Å². The van der Waals surface area contributed by atoms with E-state index < -0.39 is 0 Å². The quantitative estimate of drug-likeness (QED) is 0.651. The SMILES string of the molecule is CC/C=C(/C)C1CCCCC1C(=O)C1CC1. The Kier molecular flexibility index (Phi) is 3.83. The lowest BCUT2D eigenvalue weighted by molar-refractivity contribution is -0.126. The molecular weight excluding hydrogens is 196 g/mol. The summed E-state index contributed by atoms with van der Waals surface area (Å²) in [6.45, 7) is 4.41. The van der Waals surface area contributed by atoms with E-state index in [4.69, 9.17) is 0 Å². The van der Waals surface area contributed by atoms with Crippen molar-refractivity contribution in [2.75, 3.05) is 0 Å². The maximum absolute atomic E-state index is 12.3. The average molecular weight is 220 g/mol. The summed E-state index contributed by atoms with van der Waals surface area (Å²) in [4.78, 5) is 12.3. The smallest absolute Gasteiger partial charge is 0.139 e. The molecule has 0 heterocycles. The zero-order valence-electron chi connectivity index (χ0n) is 10.7.